The molecule has 0 unspecified atom stereocenters. The molecule has 1 aromatic rings. The van der Waals surface area contributed by atoms with Crippen molar-refractivity contribution in [3.63, 3.8) is 0 Å². The van der Waals surface area contributed by atoms with E-state index in [1.807, 2.05) is 0 Å². The summed E-state index contributed by atoms with van der Waals surface area (Å²) in [5.41, 5.74) is -0.127. The molecule has 1 aromatic carbocycles. The summed E-state index contributed by atoms with van der Waals surface area (Å²) in [6.07, 6.45) is 3.78. The maximum atomic E-state index is 13.9. The van der Waals surface area contributed by atoms with E-state index < -0.39 is 23.9 Å². The fourth-order valence-corrected chi connectivity index (χ4v) is 3.50. The predicted octanol–water partition coefficient (Wildman–Crippen LogP) is 2.41. The van der Waals surface area contributed by atoms with E-state index in [1.165, 1.54) is 12.1 Å². The lowest BCUT2D eigenvalue weighted by molar-refractivity contribution is -0.128. The fraction of sp³-hybridized carbons (Fsp3) is 0.556. The molecule has 0 aliphatic heterocycles. The molecule has 0 saturated heterocycles. The summed E-state index contributed by atoms with van der Waals surface area (Å²) >= 11 is 5.69. The van der Waals surface area contributed by atoms with Gasteiger partial charge in [-0.1, -0.05) is 11.6 Å². The number of nitrogens with one attached hydrogen (secondary N) is 2. The van der Waals surface area contributed by atoms with Crippen LogP contribution in [0.4, 0.5) is 4.39 Å². The second-order valence-electron chi connectivity index (χ2n) is 6.92. The molecular formula is C18H22ClFN2O3. The van der Waals surface area contributed by atoms with Crippen LogP contribution in [-0.2, 0) is 4.79 Å². The largest absolute Gasteiger partial charge is 0.391 e. The first-order chi connectivity index (χ1) is 11.9. The van der Waals surface area contributed by atoms with Crippen LogP contribution >= 0.6 is 11.6 Å². The Kier molecular flexibility index (Phi) is 5.59. The monoisotopic (exact) mass is 368 g/mol. The number of hydrogen-bond acceptors (Lipinski definition) is 3. The van der Waals surface area contributed by atoms with Gasteiger partial charge in [0.25, 0.3) is 5.91 Å². The summed E-state index contributed by atoms with van der Waals surface area (Å²) in [7, 11) is 0. The average Bonchev–Trinajstić information content (AvgIpc) is 2.52. The third kappa shape index (κ3) is 4.30. The van der Waals surface area contributed by atoms with E-state index in [9.17, 15) is 19.1 Å². The summed E-state index contributed by atoms with van der Waals surface area (Å²) in [4.78, 5) is 24.6. The third-order valence-corrected chi connectivity index (χ3v) is 5.36. The quantitative estimate of drug-likeness (QED) is 0.763. The Morgan fingerprint density at radius 2 is 1.92 bits per heavy atom. The molecule has 3 rings (SSSR count). The number of carbonyl (C=O) groups is 2. The van der Waals surface area contributed by atoms with Gasteiger partial charge < -0.3 is 15.7 Å². The second kappa shape index (κ2) is 7.70. The summed E-state index contributed by atoms with van der Waals surface area (Å²) in [5.74, 6) is -1.59. The molecular weight excluding hydrogens is 347 g/mol. The molecule has 0 radical (unpaired) electrons. The van der Waals surface area contributed by atoms with Crippen molar-refractivity contribution in [1.29, 1.82) is 0 Å². The molecule has 2 fully saturated rings. The van der Waals surface area contributed by atoms with Gasteiger partial charge >= 0.3 is 0 Å². The van der Waals surface area contributed by atoms with Gasteiger partial charge in [0.1, 0.15) is 5.82 Å². The molecule has 0 aromatic heterocycles. The summed E-state index contributed by atoms with van der Waals surface area (Å²) in [6, 6.07) is 3.50. The maximum Gasteiger partial charge on any atom is 0.254 e. The maximum absolute atomic E-state index is 13.9. The molecule has 2 aliphatic carbocycles. The molecule has 0 heterocycles. The Hall–Kier alpha value is -1.66. The van der Waals surface area contributed by atoms with Gasteiger partial charge in [0, 0.05) is 17.0 Å². The van der Waals surface area contributed by atoms with Gasteiger partial charge in [0.15, 0.2) is 0 Å². The first-order valence-corrected chi connectivity index (χ1v) is 9.06. The van der Waals surface area contributed by atoms with Crippen molar-refractivity contribution in [1.82, 2.24) is 10.6 Å². The van der Waals surface area contributed by atoms with E-state index in [0.717, 1.165) is 25.3 Å². The topological polar surface area (TPSA) is 78.4 Å². The molecule has 2 saturated carbocycles. The van der Waals surface area contributed by atoms with E-state index in [-0.39, 0.29) is 28.5 Å². The number of halogens is 2. The lowest BCUT2D eigenvalue weighted by atomic mass is 9.82. The minimum absolute atomic E-state index is 0.0199. The minimum Gasteiger partial charge on any atom is -0.391 e. The first-order valence-electron chi connectivity index (χ1n) is 8.68. The van der Waals surface area contributed by atoms with E-state index in [2.05, 4.69) is 10.6 Å². The molecule has 3 atom stereocenters. The Balaban J connectivity index is 1.61. The van der Waals surface area contributed by atoms with E-state index in [1.54, 1.807) is 0 Å². The number of aliphatic hydroxyl groups excluding tert-OH is 1. The highest BCUT2D eigenvalue weighted by Gasteiger charge is 2.35. The molecule has 2 aliphatic rings. The van der Waals surface area contributed by atoms with Crippen LogP contribution in [0.15, 0.2) is 18.2 Å². The number of amides is 2. The highest BCUT2D eigenvalue weighted by Crippen LogP contribution is 2.27. The van der Waals surface area contributed by atoms with Crippen molar-refractivity contribution >= 4 is 23.4 Å². The van der Waals surface area contributed by atoms with E-state index in [0.29, 0.717) is 19.3 Å². The van der Waals surface area contributed by atoms with Crippen LogP contribution in [0.25, 0.3) is 0 Å². The highest BCUT2D eigenvalue weighted by atomic mass is 35.5. The molecule has 5 nitrogen and oxygen atoms in total. The van der Waals surface area contributed by atoms with Crippen molar-refractivity contribution in [2.75, 3.05) is 0 Å². The SMILES string of the molecule is O=C(N[C@@H]1C[C@@H](C(=O)NC2CCC2)CC[C@H]1O)c1ccc(Cl)cc1F. The van der Waals surface area contributed by atoms with Crippen molar-refractivity contribution < 1.29 is 19.1 Å². The van der Waals surface area contributed by atoms with Crippen LogP contribution in [0.1, 0.15) is 48.9 Å². The van der Waals surface area contributed by atoms with Crippen molar-refractivity contribution in [3.8, 4) is 0 Å². The van der Waals surface area contributed by atoms with Gasteiger partial charge in [-0.15, -0.1) is 0 Å². The van der Waals surface area contributed by atoms with Crippen LogP contribution in [-0.4, -0.2) is 35.1 Å². The standard InChI is InChI=1S/C18H22ClFN2O3/c19-11-5-6-13(14(20)9-11)18(25)22-15-8-10(4-7-16(15)23)17(24)21-12-2-1-3-12/h5-6,9-10,12,15-16,23H,1-4,7-8H2,(H,21,24)(H,22,25)/t10-,15+,16+/m0/s1. The molecule has 25 heavy (non-hydrogen) atoms. The summed E-state index contributed by atoms with van der Waals surface area (Å²) in [6.45, 7) is 0. The van der Waals surface area contributed by atoms with Crippen molar-refractivity contribution in [2.45, 2.75) is 56.7 Å². The Morgan fingerprint density at radius 1 is 1.16 bits per heavy atom. The zero-order valence-corrected chi connectivity index (χ0v) is 14.6. The summed E-state index contributed by atoms with van der Waals surface area (Å²) < 4.78 is 13.9. The second-order valence-corrected chi connectivity index (χ2v) is 7.35. The Labute approximate surface area is 150 Å². The lowest BCUT2D eigenvalue weighted by Crippen LogP contribution is -2.51. The molecule has 2 amide bonds. The number of aliphatic hydroxyl groups is 1. The molecule has 3 N–H and O–H groups in total. The van der Waals surface area contributed by atoms with E-state index in [4.69, 9.17) is 11.6 Å². The van der Waals surface area contributed by atoms with Gasteiger partial charge in [-0.05, 0) is 56.7 Å². The highest BCUT2D eigenvalue weighted by molar-refractivity contribution is 6.30. The number of hydrogen-bond donors (Lipinski definition) is 3. The van der Waals surface area contributed by atoms with Gasteiger partial charge in [-0.2, -0.15) is 0 Å². The van der Waals surface area contributed by atoms with Crippen LogP contribution in [0.2, 0.25) is 5.02 Å². The Bertz CT molecular complexity index is 666. The van der Waals surface area contributed by atoms with Gasteiger partial charge in [-0.25, -0.2) is 4.39 Å². The normalized spacial score (nSPS) is 26.6. The summed E-state index contributed by atoms with van der Waals surface area (Å²) in [5, 5.41) is 16.0. The first kappa shape index (κ1) is 18.1. The van der Waals surface area contributed by atoms with Crippen LogP contribution in [0.5, 0.6) is 0 Å². The predicted molar refractivity (Wildman–Crippen MR) is 91.8 cm³/mol. The van der Waals surface area contributed by atoms with Crippen molar-refractivity contribution in [2.24, 2.45) is 5.92 Å². The minimum atomic E-state index is -0.743. The van der Waals surface area contributed by atoms with Crippen LogP contribution in [0.3, 0.4) is 0 Å². The Morgan fingerprint density at radius 3 is 2.56 bits per heavy atom. The average molecular weight is 369 g/mol. The number of benzene rings is 1. The molecule has 0 spiro atoms. The molecule has 136 valence electrons. The fourth-order valence-electron chi connectivity index (χ4n) is 3.34. The zero-order chi connectivity index (χ0) is 18.0. The number of rotatable bonds is 4. The molecule has 7 heteroatoms. The van der Waals surface area contributed by atoms with Gasteiger partial charge in [0.2, 0.25) is 5.91 Å². The van der Waals surface area contributed by atoms with Crippen LogP contribution < -0.4 is 10.6 Å². The van der Waals surface area contributed by atoms with E-state index >= 15 is 0 Å². The lowest BCUT2D eigenvalue weighted by Gasteiger charge is -2.35. The number of carbonyl (C=O) groups excluding carboxylic acids is 2. The smallest absolute Gasteiger partial charge is 0.254 e. The van der Waals surface area contributed by atoms with Gasteiger partial charge in [-0.3, -0.25) is 9.59 Å². The zero-order valence-electron chi connectivity index (χ0n) is 13.8. The van der Waals surface area contributed by atoms with Gasteiger partial charge in [0.05, 0.1) is 17.7 Å². The van der Waals surface area contributed by atoms with Crippen LogP contribution in [0, 0.1) is 11.7 Å². The van der Waals surface area contributed by atoms with Crippen molar-refractivity contribution in [3.05, 3.63) is 34.6 Å². The molecule has 0 bridgehead atoms. The third-order valence-electron chi connectivity index (χ3n) is 5.13.